The molecule has 3 aromatic rings. The molecule has 1 heterocycles. The molecule has 0 saturated carbocycles. The zero-order valence-electron chi connectivity index (χ0n) is 21.0. The van der Waals surface area contributed by atoms with Crippen LogP contribution in [0.2, 0.25) is 5.02 Å². The van der Waals surface area contributed by atoms with Crippen molar-refractivity contribution in [2.75, 3.05) is 13.2 Å². The fourth-order valence-corrected chi connectivity index (χ4v) is 5.75. The highest BCUT2D eigenvalue weighted by molar-refractivity contribution is 7.89. The highest BCUT2D eigenvalue weighted by atomic mass is 35.5. The van der Waals surface area contributed by atoms with Crippen LogP contribution in [0.15, 0.2) is 77.7 Å². The van der Waals surface area contributed by atoms with Crippen LogP contribution in [0, 0.1) is 5.82 Å². The van der Waals surface area contributed by atoms with Crippen molar-refractivity contribution in [1.29, 1.82) is 0 Å². The number of nitrogens with one attached hydrogen (secondary N) is 1. The first-order chi connectivity index (χ1) is 18.7. The third-order valence-corrected chi connectivity index (χ3v) is 8.34. The van der Waals surface area contributed by atoms with E-state index in [9.17, 15) is 22.7 Å². The smallest absolute Gasteiger partial charge is 0.327 e. The van der Waals surface area contributed by atoms with E-state index in [0.29, 0.717) is 37.4 Å². The van der Waals surface area contributed by atoms with Crippen molar-refractivity contribution in [3.05, 3.63) is 94.8 Å². The van der Waals surface area contributed by atoms with Gasteiger partial charge in [0, 0.05) is 12.2 Å². The van der Waals surface area contributed by atoms with Crippen molar-refractivity contribution in [2.45, 2.75) is 49.0 Å². The van der Waals surface area contributed by atoms with Crippen LogP contribution in [0.4, 0.5) is 4.39 Å². The summed E-state index contributed by atoms with van der Waals surface area (Å²) in [6, 6.07) is 19.2. The molecular weight excluding hydrogens is 549 g/mol. The van der Waals surface area contributed by atoms with Gasteiger partial charge < -0.3 is 19.3 Å². The van der Waals surface area contributed by atoms with Crippen LogP contribution < -0.4 is 9.46 Å². The van der Waals surface area contributed by atoms with Gasteiger partial charge in [0.1, 0.15) is 18.2 Å². The lowest BCUT2D eigenvalue weighted by Crippen LogP contribution is -2.60. The summed E-state index contributed by atoms with van der Waals surface area (Å²) in [5.41, 5.74) is -0.161. The van der Waals surface area contributed by atoms with E-state index in [-0.39, 0.29) is 35.7 Å². The van der Waals surface area contributed by atoms with E-state index in [4.69, 9.17) is 25.8 Å². The summed E-state index contributed by atoms with van der Waals surface area (Å²) in [5.74, 6) is -1.40. The zero-order valence-corrected chi connectivity index (χ0v) is 22.6. The van der Waals surface area contributed by atoms with Crippen molar-refractivity contribution in [1.82, 2.24) is 4.72 Å². The van der Waals surface area contributed by atoms with Crippen molar-refractivity contribution >= 4 is 27.6 Å². The normalized spacial score (nSPS) is 19.5. The lowest BCUT2D eigenvalue weighted by Gasteiger charge is -2.37. The van der Waals surface area contributed by atoms with Gasteiger partial charge in [-0.15, -0.1) is 0 Å². The number of carboxylic acids is 1. The largest absolute Gasteiger partial charge is 0.489 e. The molecule has 39 heavy (non-hydrogen) atoms. The molecule has 3 aromatic carbocycles. The molecule has 0 spiro atoms. The molecule has 0 aromatic heterocycles. The Kier molecular flexibility index (Phi) is 9.58. The molecule has 1 aliphatic heterocycles. The maximum Gasteiger partial charge on any atom is 0.327 e. The van der Waals surface area contributed by atoms with E-state index >= 15 is 0 Å². The quantitative estimate of drug-likeness (QED) is 0.293. The highest BCUT2D eigenvalue weighted by Gasteiger charge is 2.46. The molecule has 2 N–H and O–H groups in total. The van der Waals surface area contributed by atoms with Gasteiger partial charge in [-0.3, -0.25) is 4.79 Å². The first-order valence-corrected chi connectivity index (χ1v) is 14.2. The third-order valence-electron chi connectivity index (χ3n) is 6.44. The first-order valence-electron chi connectivity index (χ1n) is 12.3. The molecule has 8 nitrogen and oxygen atoms in total. The van der Waals surface area contributed by atoms with Gasteiger partial charge in [-0.05, 0) is 61.2 Å². The fraction of sp³-hybridized carbons (Fsp3) is 0.321. The van der Waals surface area contributed by atoms with Crippen LogP contribution >= 0.6 is 11.6 Å². The summed E-state index contributed by atoms with van der Waals surface area (Å²) in [6.45, 7) is 0.662. The van der Waals surface area contributed by atoms with Gasteiger partial charge in [0.2, 0.25) is 10.0 Å². The minimum absolute atomic E-state index is 0.0569. The second-order valence-corrected chi connectivity index (χ2v) is 11.4. The molecule has 1 aliphatic rings. The number of hydrogen-bond donors (Lipinski definition) is 2. The molecule has 0 bridgehead atoms. The lowest BCUT2D eigenvalue weighted by molar-refractivity contribution is -0.153. The zero-order chi connectivity index (χ0) is 27.9. The minimum atomic E-state index is -4.18. The van der Waals surface area contributed by atoms with Gasteiger partial charge >= 0.3 is 5.97 Å². The van der Waals surface area contributed by atoms with Crippen LogP contribution in [0.25, 0.3) is 0 Å². The maximum atomic E-state index is 13.2. The Bertz CT molecular complexity index is 1360. The second-order valence-electron chi connectivity index (χ2n) is 9.29. The molecule has 0 radical (unpaired) electrons. The number of carboxylic acid groups (broad SMARTS) is 1. The summed E-state index contributed by atoms with van der Waals surface area (Å²) in [6.07, 6.45) is 0.774. The number of aliphatic carboxylic acids is 1. The SMILES string of the molecule is O=C(O)C1(NS(=O)(=O)c2ccc(OCc3ccc(F)cc3Cl)cc2)CCC(CCOCc2ccccc2)OC1. The fourth-order valence-electron chi connectivity index (χ4n) is 4.15. The van der Waals surface area contributed by atoms with Gasteiger partial charge in [-0.25, -0.2) is 12.8 Å². The average Bonchev–Trinajstić information content (AvgIpc) is 2.92. The maximum absolute atomic E-state index is 13.2. The van der Waals surface area contributed by atoms with Crippen molar-refractivity contribution in [2.24, 2.45) is 0 Å². The monoisotopic (exact) mass is 577 g/mol. The van der Waals surface area contributed by atoms with Crippen LogP contribution in [0.3, 0.4) is 0 Å². The molecule has 4 rings (SSSR count). The molecule has 2 atom stereocenters. The van der Waals surface area contributed by atoms with E-state index in [1.54, 1.807) is 0 Å². The van der Waals surface area contributed by atoms with Crippen LogP contribution in [-0.2, 0) is 37.5 Å². The van der Waals surface area contributed by atoms with Crippen molar-refractivity contribution in [3.63, 3.8) is 0 Å². The summed E-state index contributed by atoms with van der Waals surface area (Å²) in [5, 5.41) is 10.1. The van der Waals surface area contributed by atoms with Gasteiger partial charge in [0.25, 0.3) is 0 Å². The first kappa shape index (κ1) is 29.0. The molecule has 11 heteroatoms. The molecule has 0 amide bonds. The van der Waals surface area contributed by atoms with Crippen molar-refractivity contribution < 1.29 is 36.9 Å². The topological polar surface area (TPSA) is 111 Å². The minimum Gasteiger partial charge on any atom is -0.489 e. The molecule has 2 unspecified atom stereocenters. The van der Waals surface area contributed by atoms with Gasteiger partial charge in [-0.2, -0.15) is 4.72 Å². The van der Waals surface area contributed by atoms with Crippen LogP contribution in [0.1, 0.15) is 30.4 Å². The number of ether oxygens (including phenoxy) is 3. The lowest BCUT2D eigenvalue weighted by atomic mass is 9.90. The Morgan fingerprint density at radius 3 is 2.49 bits per heavy atom. The highest BCUT2D eigenvalue weighted by Crippen LogP contribution is 2.28. The van der Waals surface area contributed by atoms with E-state index in [1.807, 2.05) is 30.3 Å². The van der Waals surface area contributed by atoms with E-state index in [2.05, 4.69) is 4.72 Å². The number of rotatable bonds is 12. The second kappa shape index (κ2) is 12.9. The number of halogens is 2. The van der Waals surface area contributed by atoms with Crippen LogP contribution in [0.5, 0.6) is 5.75 Å². The molecule has 1 saturated heterocycles. The third kappa shape index (κ3) is 7.77. The molecular formula is C28H29ClFNO7S. The average molecular weight is 578 g/mol. The standard InChI is InChI=1S/C28H29ClFNO7S/c29-26-16-22(30)7-6-21(26)18-37-23-8-10-25(11-9-23)39(34,35)31-28(27(32)33)14-12-24(38-19-28)13-15-36-17-20-4-2-1-3-5-20/h1-11,16,24,31H,12-15,17-19H2,(H,32,33). The Morgan fingerprint density at radius 2 is 1.85 bits per heavy atom. The number of hydrogen-bond acceptors (Lipinski definition) is 6. The summed E-state index contributed by atoms with van der Waals surface area (Å²) in [4.78, 5) is 12.0. The predicted octanol–water partition coefficient (Wildman–Crippen LogP) is 4.95. The van der Waals surface area contributed by atoms with E-state index in [1.165, 1.54) is 42.5 Å². The van der Waals surface area contributed by atoms with Gasteiger partial charge in [-0.1, -0.05) is 48.0 Å². The molecule has 208 valence electrons. The Morgan fingerprint density at radius 1 is 1.10 bits per heavy atom. The predicted molar refractivity (Wildman–Crippen MR) is 143 cm³/mol. The Hall–Kier alpha value is -3.02. The molecule has 0 aliphatic carbocycles. The summed E-state index contributed by atoms with van der Waals surface area (Å²) < 4.78 is 58.7. The number of sulfonamides is 1. The molecule has 1 fully saturated rings. The van der Waals surface area contributed by atoms with E-state index in [0.717, 1.165) is 5.56 Å². The van der Waals surface area contributed by atoms with E-state index < -0.39 is 27.3 Å². The van der Waals surface area contributed by atoms with Crippen LogP contribution in [-0.4, -0.2) is 44.4 Å². The van der Waals surface area contributed by atoms with Gasteiger partial charge in [0.05, 0.1) is 29.2 Å². The summed E-state index contributed by atoms with van der Waals surface area (Å²) in [7, 11) is -4.18. The van der Waals surface area contributed by atoms with Gasteiger partial charge in [0.15, 0.2) is 5.54 Å². The summed E-state index contributed by atoms with van der Waals surface area (Å²) >= 11 is 6.00. The van der Waals surface area contributed by atoms with Crippen molar-refractivity contribution in [3.8, 4) is 5.75 Å². The number of carbonyl (C=O) groups is 1. The Balaban J connectivity index is 1.30. The number of benzene rings is 3. The Labute approximate surface area is 231 Å².